The van der Waals surface area contributed by atoms with Crippen LogP contribution in [-0.2, 0) is 4.79 Å². The van der Waals surface area contributed by atoms with E-state index in [1.807, 2.05) is 38.1 Å². The predicted molar refractivity (Wildman–Crippen MR) is 124 cm³/mol. The molecule has 0 aromatic heterocycles. The Hall–Kier alpha value is -3.13. The van der Waals surface area contributed by atoms with Gasteiger partial charge in [-0.25, -0.2) is 0 Å². The molecule has 0 saturated heterocycles. The second kappa shape index (κ2) is 11.9. The van der Waals surface area contributed by atoms with Crippen LogP contribution in [0.5, 0.6) is 11.5 Å². The third-order valence-corrected chi connectivity index (χ3v) is 4.67. The monoisotopic (exact) mass is 443 g/mol. The average Bonchev–Trinajstić information content (AvgIpc) is 2.76. The van der Waals surface area contributed by atoms with Gasteiger partial charge in [-0.05, 0) is 80.4 Å². The van der Waals surface area contributed by atoms with Gasteiger partial charge >= 0.3 is 0 Å². The van der Waals surface area contributed by atoms with Crippen molar-refractivity contribution in [1.29, 1.82) is 0 Å². The molecule has 0 aliphatic rings. The summed E-state index contributed by atoms with van der Waals surface area (Å²) < 4.78 is 11.0. The van der Waals surface area contributed by atoms with Gasteiger partial charge < -0.3 is 9.47 Å². The van der Waals surface area contributed by atoms with Crippen molar-refractivity contribution in [2.24, 2.45) is 0 Å². The normalized spacial score (nSPS) is 11.4. The summed E-state index contributed by atoms with van der Waals surface area (Å²) in [7, 11) is 0. The van der Waals surface area contributed by atoms with Crippen molar-refractivity contribution in [2.45, 2.75) is 46.1 Å². The van der Waals surface area contributed by atoms with Crippen LogP contribution in [0.3, 0.4) is 0 Å². The quantitative estimate of drug-likeness (QED) is 0.426. The number of nitrogens with one attached hydrogen (secondary N) is 3. The van der Waals surface area contributed by atoms with Crippen LogP contribution in [0.2, 0.25) is 0 Å². The van der Waals surface area contributed by atoms with Crippen LogP contribution in [0, 0.1) is 0 Å². The molecule has 1 unspecified atom stereocenters. The molecule has 1 atom stereocenters. The number of carbonyl (C=O) groups is 2. The third-order valence-electron chi connectivity index (χ3n) is 4.46. The number of benzene rings is 2. The van der Waals surface area contributed by atoms with E-state index in [0.29, 0.717) is 23.0 Å². The van der Waals surface area contributed by atoms with Crippen molar-refractivity contribution in [3.8, 4) is 11.5 Å². The summed E-state index contributed by atoms with van der Waals surface area (Å²) in [6.45, 7) is 7.95. The minimum Gasteiger partial charge on any atom is -0.491 e. The fourth-order valence-electron chi connectivity index (χ4n) is 2.60. The lowest BCUT2D eigenvalue weighted by molar-refractivity contribution is -0.123. The minimum absolute atomic E-state index is 0.0289. The lowest BCUT2D eigenvalue weighted by Gasteiger charge is -2.13. The van der Waals surface area contributed by atoms with Gasteiger partial charge in [0.05, 0.1) is 6.10 Å². The molecule has 0 heterocycles. The van der Waals surface area contributed by atoms with E-state index in [0.717, 1.165) is 6.42 Å². The van der Waals surface area contributed by atoms with E-state index < -0.39 is 11.8 Å². The molecule has 0 aliphatic heterocycles. The van der Waals surface area contributed by atoms with Crippen molar-refractivity contribution in [2.75, 3.05) is 6.61 Å². The molecule has 31 heavy (non-hydrogen) atoms. The van der Waals surface area contributed by atoms with E-state index in [4.69, 9.17) is 21.7 Å². The summed E-state index contributed by atoms with van der Waals surface area (Å²) in [5, 5.41) is 2.46. The Morgan fingerprint density at radius 3 is 2.13 bits per heavy atom. The first-order valence-corrected chi connectivity index (χ1v) is 10.6. The molecule has 0 radical (unpaired) electrons. The van der Waals surface area contributed by atoms with Gasteiger partial charge in [0.25, 0.3) is 11.8 Å². The van der Waals surface area contributed by atoms with Crippen molar-refractivity contribution >= 4 is 29.1 Å². The Bertz CT molecular complexity index is 883. The molecule has 8 heteroatoms. The van der Waals surface area contributed by atoms with Gasteiger partial charge in [0, 0.05) is 5.56 Å². The number of rotatable bonds is 8. The molecule has 2 amide bonds. The molecule has 0 spiro atoms. The molecule has 2 rings (SSSR count). The van der Waals surface area contributed by atoms with Crippen LogP contribution in [0.25, 0.3) is 0 Å². The fraction of sp³-hybridized carbons (Fsp3) is 0.348. The van der Waals surface area contributed by atoms with Crippen LogP contribution in [-0.4, -0.2) is 29.6 Å². The highest BCUT2D eigenvalue weighted by Gasteiger charge is 2.10. The molecule has 0 saturated carbocycles. The molecule has 2 aromatic rings. The first-order valence-electron chi connectivity index (χ1n) is 10.2. The van der Waals surface area contributed by atoms with Crippen LogP contribution < -0.4 is 25.6 Å². The van der Waals surface area contributed by atoms with Gasteiger partial charge in [-0.1, -0.05) is 26.0 Å². The highest BCUT2D eigenvalue weighted by molar-refractivity contribution is 7.80. The van der Waals surface area contributed by atoms with E-state index in [1.54, 1.807) is 24.3 Å². The number of hydrazine groups is 1. The van der Waals surface area contributed by atoms with Crippen LogP contribution in [0.4, 0.5) is 0 Å². The number of ether oxygens (including phenoxy) is 2. The Balaban J connectivity index is 1.72. The van der Waals surface area contributed by atoms with E-state index in [9.17, 15) is 9.59 Å². The molecule has 0 fully saturated rings. The molecular weight excluding hydrogens is 414 g/mol. The molecule has 7 nitrogen and oxygen atoms in total. The Labute approximate surface area is 188 Å². The van der Waals surface area contributed by atoms with E-state index in [1.165, 1.54) is 5.56 Å². The van der Waals surface area contributed by atoms with Gasteiger partial charge in [-0.15, -0.1) is 0 Å². The van der Waals surface area contributed by atoms with Crippen LogP contribution >= 0.6 is 12.2 Å². The molecular formula is C23H29N3O4S. The van der Waals surface area contributed by atoms with Gasteiger partial charge in [0.1, 0.15) is 11.5 Å². The lowest BCUT2D eigenvalue weighted by atomic mass is 9.99. The summed E-state index contributed by atoms with van der Waals surface area (Å²) in [6, 6.07) is 14.3. The lowest BCUT2D eigenvalue weighted by Crippen LogP contribution is -2.49. The van der Waals surface area contributed by atoms with Crippen molar-refractivity contribution < 1.29 is 19.1 Å². The zero-order valence-electron chi connectivity index (χ0n) is 18.2. The summed E-state index contributed by atoms with van der Waals surface area (Å²) in [6.07, 6.45) is 1.11. The van der Waals surface area contributed by atoms with E-state index in [2.05, 4.69) is 30.0 Å². The first-order chi connectivity index (χ1) is 14.8. The predicted octanol–water partition coefficient (Wildman–Crippen LogP) is 3.70. The van der Waals surface area contributed by atoms with Gasteiger partial charge in [0.15, 0.2) is 11.7 Å². The van der Waals surface area contributed by atoms with Gasteiger partial charge in [-0.2, -0.15) is 0 Å². The first kappa shape index (κ1) is 24.1. The standard InChI is InChI=1S/C23H29N3O4S/c1-5-16(4)17-6-10-19(11-7-17)29-14-21(27)25-26-23(31)24-22(28)18-8-12-20(13-9-18)30-15(2)3/h6-13,15-16H,5,14H2,1-4H3,(H,25,27)(H2,24,26,28,31). The van der Waals surface area contributed by atoms with Gasteiger partial charge in [0.2, 0.25) is 0 Å². The number of thiocarbonyl (C=S) groups is 1. The maximum absolute atomic E-state index is 12.2. The maximum Gasteiger partial charge on any atom is 0.276 e. The zero-order chi connectivity index (χ0) is 22.8. The highest BCUT2D eigenvalue weighted by Crippen LogP contribution is 2.21. The summed E-state index contributed by atoms with van der Waals surface area (Å²) in [5.74, 6) is 0.916. The van der Waals surface area contributed by atoms with E-state index >= 15 is 0 Å². The van der Waals surface area contributed by atoms with Gasteiger partial charge in [-0.3, -0.25) is 25.8 Å². The summed E-state index contributed by atoms with van der Waals surface area (Å²) in [5.41, 5.74) is 6.51. The van der Waals surface area contributed by atoms with Crippen molar-refractivity contribution in [3.05, 3.63) is 59.7 Å². The topological polar surface area (TPSA) is 88.7 Å². The van der Waals surface area contributed by atoms with Crippen molar-refractivity contribution in [3.63, 3.8) is 0 Å². The SMILES string of the molecule is CCC(C)c1ccc(OCC(=O)NNC(=S)NC(=O)c2ccc(OC(C)C)cc2)cc1. The average molecular weight is 444 g/mol. The highest BCUT2D eigenvalue weighted by atomic mass is 32.1. The number of carbonyl (C=O) groups excluding carboxylic acids is 2. The van der Waals surface area contributed by atoms with Crippen LogP contribution in [0.1, 0.15) is 56.0 Å². The van der Waals surface area contributed by atoms with E-state index in [-0.39, 0.29) is 17.8 Å². The molecule has 166 valence electrons. The molecule has 0 bridgehead atoms. The molecule has 2 aromatic carbocycles. The maximum atomic E-state index is 12.2. The fourth-order valence-corrected chi connectivity index (χ4v) is 2.75. The summed E-state index contributed by atoms with van der Waals surface area (Å²) in [4.78, 5) is 24.2. The third kappa shape index (κ3) is 8.25. The second-order valence-electron chi connectivity index (χ2n) is 7.31. The molecule has 0 aliphatic carbocycles. The Kier molecular flexibility index (Phi) is 9.27. The number of amides is 2. The number of hydrogen-bond acceptors (Lipinski definition) is 5. The van der Waals surface area contributed by atoms with Crippen LogP contribution in [0.15, 0.2) is 48.5 Å². The largest absolute Gasteiger partial charge is 0.491 e. The smallest absolute Gasteiger partial charge is 0.276 e. The Morgan fingerprint density at radius 1 is 0.935 bits per heavy atom. The molecule has 3 N–H and O–H groups in total. The zero-order valence-corrected chi connectivity index (χ0v) is 19.0. The Morgan fingerprint density at radius 2 is 1.55 bits per heavy atom. The minimum atomic E-state index is -0.433. The number of hydrogen-bond donors (Lipinski definition) is 3. The van der Waals surface area contributed by atoms with Crippen molar-refractivity contribution in [1.82, 2.24) is 16.2 Å². The second-order valence-corrected chi connectivity index (χ2v) is 7.72. The summed E-state index contributed by atoms with van der Waals surface area (Å²) >= 11 is 5.04.